The van der Waals surface area contributed by atoms with Gasteiger partial charge in [0.15, 0.2) is 0 Å². The Hall–Kier alpha value is -1.43. The lowest BCUT2D eigenvalue weighted by atomic mass is 10.4. The van der Waals surface area contributed by atoms with Gasteiger partial charge in [-0.05, 0) is 13.8 Å². The molecular weight excluding hydrogens is 216 g/mol. The van der Waals surface area contributed by atoms with Gasteiger partial charge >= 0.3 is 5.97 Å². The smallest absolute Gasteiger partial charge is 0.350 e. The maximum atomic E-state index is 11.4. The van der Waals surface area contributed by atoms with Crippen molar-refractivity contribution in [1.29, 1.82) is 0 Å². The Balaban J connectivity index is 2.86. The minimum atomic E-state index is -0.459. The Labute approximate surface area is 91.3 Å². The van der Waals surface area contributed by atoms with Gasteiger partial charge in [0, 0.05) is 0 Å². The van der Waals surface area contributed by atoms with E-state index in [-0.39, 0.29) is 6.42 Å². The van der Waals surface area contributed by atoms with E-state index in [0.29, 0.717) is 22.2 Å². The molecule has 0 saturated carbocycles. The van der Waals surface area contributed by atoms with Crippen molar-refractivity contribution < 1.29 is 14.3 Å². The Bertz CT molecular complexity index is 387. The number of nitrogens with two attached hydrogens (primary N) is 1. The molecule has 1 rings (SSSR count). The lowest BCUT2D eigenvalue weighted by molar-refractivity contribution is -0.117. The lowest BCUT2D eigenvalue weighted by Gasteiger charge is -1.97. The molecule has 0 radical (unpaired) electrons. The molecule has 6 heteroatoms. The number of aryl methyl sites for hydroxylation is 1. The molecule has 0 bridgehead atoms. The number of hydrogen-bond acceptors (Lipinski definition) is 5. The first-order valence-corrected chi connectivity index (χ1v) is 5.28. The zero-order valence-corrected chi connectivity index (χ0v) is 9.39. The van der Waals surface area contributed by atoms with Crippen molar-refractivity contribution in [3.8, 4) is 0 Å². The number of carbonyl (C=O) groups excluding carboxylic acids is 2. The molecule has 0 aliphatic carbocycles. The van der Waals surface area contributed by atoms with E-state index in [1.807, 2.05) is 0 Å². The standard InChI is InChI=1S/C9H12N2O3S/c1-3-14-9(13)8-5(2)11-7(15-8)4-6(10)12/h3-4H2,1-2H3,(H2,10,12). The predicted molar refractivity (Wildman–Crippen MR) is 55.7 cm³/mol. The van der Waals surface area contributed by atoms with Gasteiger partial charge in [-0.25, -0.2) is 9.78 Å². The maximum absolute atomic E-state index is 11.4. The molecule has 0 spiro atoms. The molecule has 0 unspecified atom stereocenters. The van der Waals surface area contributed by atoms with E-state index in [1.165, 1.54) is 0 Å². The molecule has 0 saturated heterocycles. The summed E-state index contributed by atoms with van der Waals surface area (Å²) in [5.41, 5.74) is 5.61. The number of thiazole rings is 1. The highest BCUT2D eigenvalue weighted by atomic mass is 32.1. The van der Waals surface area contributed by atoms with Crippen LogP contribution in [-0.4, -0.2) is 23.5 Å². The summed E-state index contributed by atoms with van der Waals surface area (Å²) in [5.74, 6) is -0.859. The van der Waals surface area contributed by atoms with Crippen LogP contribution in [0.4, 0.5) is 0 Å². The van der Waals surface area contributed by atoms with Crippen LogP contribution in [-0.2, 0) is 16.0 Å². The largest absolute Gasteiger partial charge is 0.462 e. The number of aromatic nitrogens is 1. The summed E-state index contributed by atoms with van der Waals surface area (Å²) < 4.78 is 4.84. The molecule has 0 aromatic carbocycles. The fraction of sp³-hybridized carbons (Fsp3) is 0.444. The van der Waals surface area contributed by atoms with Gasteiger partial charge in [0.25, 0.3) is 0 Å². The molecule has 5 nitrogen and oxygen atoms in total. The average molecular weight is 228 g/mol. The van der Waals surface area contributed by atoms with E-state index >= 15 is 0 Å². The van der Waals surface area contributed by atoms with Crippen molar-refractivity contribution in [1.82, 2.24) is 4.98 Å². The number of carbonyl (C=O) groups is 2. The monoisotopic (exact) mass is 228 g/mol. The Kier molecular flexibility index (Phi) is 3.79. The van der Waals surface area contributed by atoms with Crippen LogP contribution in [0.25, 0.3) is 0 Å². The molecular formula is C9H12N2O3S. The molecule has 15 heavy (non-hydrogen) atoms. The van der Waals surface area contributed by atoms with Gasteiger partial charge in [0.1, 0.15) is 9.88 Å². The van der Waals surface area contributed by atoms with Crippen molar-refractivity contribution in [2.24, 2.45) is 5.73 Å². The maximum Gasteiger partial charge on any atom is 0.350 e. The van der Waals surface area contributed by atoms with Crippen molar-refractivity contribution in [2.75, 3.05) is 6.61 Å². The molecule has 0 aliphatic rings. The van der Waals surface area contributed by atoms with Crippen LogP contribution in [0.3, 0.4) is 0 Å². The molecule has 0 atom stereocenters. The van der Waals surface area contributed by atoms with Gasteiger partial charge in [0.05, 0.1) is 18.7 Å². The number of ether oxygens (including phenoxy) is 1. The molecule has 1 amide bonds. The summed E-state index contributed by atoms with van der Waals surface area (Å²) in [6.07, 6.45) is 0.0604. The van der Waals surface area contributed by atoms with Gasteiger partial charge in [-0.1, -0.05) is 0 Å². The third kappa shape index (κ3) is 3.02. The van der Waals surface area contributed by atoms with Crippen molar-refractivity contribution in [3.05, 3.63) is 15.6 Å². The number of rotatable bonds is 4. The fourth-order valence-corrected chi connectivity index (χ4v) is 2.03. The first-order valence-electron chi connectivity index (χ1n) is 4.46. The minimum Gasteiger partial charge on any atom is -0.462 e. The number of nitrogens with zero attached hydrogens (tertiary/aromatic N) is 1. The molecule has 1 aromatic heterocycles. The fourth-order valence-electron chi connectivity index (χ4n) is 1.06. The second kappa shape index (κ2) is 4.88. The highest BCUT2D eigenvalue weighted by molar-refractivity contribution is 7.13. The molecule has 1 heterocycles. The number of amides is 1. The highest BCUT2D eigenvalue weighted by Gasteiger charge is 2.16. The van der Waals surface area contributed by atoms with E-state index < -0.39 is 11.9 Å². The number of hydrogen-bond donors (Lipinski definition) is 1. The highest BCUT2D eigenvalue weighted by Crippen LogP contribution is 2.19. The quantitative estimate of drug-likeness (QED) is 0.767. The SMILES string of the molecule is CCOC(=O)c1sc(CC(N)=O)nc1C. The van der Waals surface area contributed by atoms with Crippen LogP contribution in [0.1, 0.15) is 27.3 Å². The Morgan fingerprint density at radius 1 is 1.53 bits per heavy atom. The molecule has 2 N–H and O–H groups in total. The van der Waals surface area contributed by atoms with Crippen LogP contribution < -0.4 is 5.73 Å². The van der Waals surface area contributed by atoms with E-state index in [0.717, 1.165) is 11.3 Å². The third-order valence-corrected chi connectivity index (χ3v) is 2.76. The summed E-state index contributed by atoms with van der Waals surface area (Å²) >= 11 is 1.15. The second-order valence-corrected chi connectivity index (χ2v) is 3.97. The van der Waals surface area contributed by atoms with Gasteiger partial charge in [-0.3, -0.25) is 4.79 Å². The van der Waals surface area contributed by atoms with Crippen molar-refractivity contribution in [2.45, 2.75) is 20.3 Å². The zero-order valence-electron chi connectivity index (χ0n) is 8.57. The third-order valence-electron chi connectivity index (χ3n) is 1.63. The molecule has 0 aliphatic heterocycles. The second-order valence-electron chi connectivity index (χ2n) is 2.89. The van der Waals surface area contributed by atoms with Crippen LogP contribution in [0, 0.1) is 6.92 Å². The Morgan fingerprint density at radius 3 is 2.73 bits per heavy atom. The number of esters is 1. The molecule has 0 fully saturated rings. The summed E-state index contributed by atoms with van der Waals surface area (Å²) in [4.78, 5) is 26.6. The van der Waals surface area contributed by atoms with E-state index in [2.05, 4.69) is 4.98 Å². The Morgan fingerprint density at radius 2 is 2.20 bits per heavy atom. The molecule has 1 aromatic rings. The predicted octanol–water partition coefficient (Wildman–Crippen LogP) is 0.656. The van der Waals surface area contributed by atoms with Gasteiger partial charge in [-0.2, -0.15) is 0 Å². The minimum absolute atomic E-state index is 0.0604. The van der Waals surface area contributed by atoms with Gasteiger partial charge < -0.3 is 10.5 Å². The topological polar surface area (TPSA) is 82.3 Å². The van der Waals surface area contributed by atoms with Crippen LogP contribution in [0.2, 0.25) is 0 Å². The van der Waals surface area contributed by atoms with Crippen LogP contribution >= 0.6 is 11.3 Å². The van der Waals surface area contributed by atoms with Crippen molar-refractivity contribution in [3.63, 3.8) is 0 Å². The van der Waals surface area contributed by atoms with Crippen LogP contribution in [0.15, 0.2) is 0 Å². The van der Waals surface area contributed by atoms with Gasteiger partial charge in [0.2, 0.25) is 5.91 Å². The van der Waals surface area contributed by atoms with E-state index in [1.54, 1.807) is 13.8 Å². The summed E-state index contributed by atoms with van der Waals surface area (Å²) in [7, 11) is 0. The first kappa shape index (κ1) is 11.6. The zero-order chi connectivity index (χ0) is 11.4. The van der Waals surface area contributed by atoms with E-state index in [4.69, 9.17) is 10.5 Å². The number of primary amides is 1. The summed E-state index contributed by atoms with van der Waals surface area (Å²) in [6, 6.07) is 0. The first-order chi connectivity index (χ1) is 7.04. The van der Waals surface area contributed by atoms with Crippen LogP contribution in [0.5, 0.6) is 0 Å². The normalized spacial score (nSPS) is 10.0. The van der Waals surface area contributed by atoms with E-state index in [9.17, 15) is 9.59 Å². The van der Waals surface area contributed by atoms with Crippen molar-refractivity contribution >= 4 is 23.2 Å². The molecule has 82 valence electrons. The summed E-state index contributed by atoms with van der Waals surface area (Å²) in [5, 5.41) is 0.544. The average Bonchev–Trinajstić information content (AvgIpc) is 2.46. The van der Waals surface area contributed by atoms with Gasteiger partial charge in [-0.15, -0.1) is 11.3 Å². The lowest BCUT2D eigenvalue weighted by Crippen LogP contribution is -2.13. The summed E-state index contributed by atoms with van der Waals surface area (Å²) in [6.45, 7) is 3.76.